The molecule has 1 unspecified atom stereocenters. The van der Waals surface area contributed by atoms with Gasteiger partial charge in [0.2, 0.25) is 0 Å². The summed E-state index contributed by atoms with van der Waals surface area (Å²) < 4.78 is 34.3. The van der Waals surface area contributed by atoms with Crippen molar-refractivity contribution in [2.45, 2.75) is 6.04 Å². The smallest absolute Gasteiger partial charge is 0.314 e. The number of urea groups is 1. The Labute approximate surface area is 107 Å². The second-order valence-electron chi connectivity index (χ2n) is 4.04. The number of fused-ring (bicyclic) bond motifs is 2. The van der Waals surface area contributed by atoms with Gasteiger partial charge in [0, 0.05) is 6.54 Å². The van der Waals surface area contributed by atoms with Gasteiger partial charge in [-0.2, -0.15) is 28.5 Å². The fourth-order valence-electron chi connectivity index (χ4n) is 2.06. The molecule has 0 aromatic carbocycles. The predicted octanol–water partition coefficient (Wildman–Crippen LogP) is -1.03. The molecule has 0 saturated carbocycles. The molecule has 3 heterocycles. The van der Waals surface area contributed by atoms with Crippen LogP contribution in [0.1, 0.15) is 0 Å². The Morgan fingerprint density at radius 2 is 2.05 bits per heavy atom. The van der Waals surface area contributed by atoms with Crippen molar-refractivity contribution >= 4 is 22.1 Å². The molecular formula is C8H9N5O5S. The molecule has 1 saturated heterocycles. The third-order valence-corrected chi connectivity index (χ3v) is 3.10. The summed E-state index contributed by atoms with van der Waals surface area (Å²) in [6, 6.07) is -1.26. The Bertz CT molecular complexity index is 638. The van der Waals surface area contributed by atoms with Gasteiger partial charge in [-0.05, 0) is 6.08 Å². The van der Waals surface area contributed by atoms with Crippen molar-refractivity contribution < 1.29 is 22.0 Å². The highest BCUT2D eigenvalue weighted by Gasteiger charge is 2.43. The summed E-state index contributed by atoms with van der Waals surface area (Å²) in [7, 11) is -4.74. The number of amides is 2. The van der Waals surface area contributed by atoms with Gasteiger partial charge in [0.15, 0.2) is 0 Å². The second kappa shape index (κ2) is 4.01. The van der Waals surface area contributed by atoms with Crippen LogP contribution in [0.25, 0.3) is 5.70 Å². The topological polar surface area (TPSA) is 118 Å². The van der Waals surface area contributed by atoms with E-state index in [-0.39, 0.29) is 13.1 Å². The van der Waals surface area contributed by atoms with Crippen LogP contribution < -0.4 is 0 Å². The molecule has 1 atom stereocenters. The summed E-state index contributed by atoms with van der Waals surface area (Å²) in [4.78, 5) is 14.6. The first-order valence-corrected chi connectivity index (χ1v) is 6.63. The molecular weight excluding hydrogens is 278 g/mol. The quantitative estimate of drug-likeness (QED) is 0.706. The van der Waals surface area contributed by atoms with Crippen molar-refractivity contribution in [3.05, 3.63) is 18.5 Å². The van der Waals surface area contributed by atoms with Gasteiger partial charge in [-0.1, -0.05) is 0 Å². The first-order valence-electron chi connectivity index (χ1n) is 5.26. The van der Waals surface area contributed by atoms with E-state index in [1.54, 1.807) is 6.08 Å². The van der Waals surface area contributed by atoms with E-state index in [9.17, 15) is 13.2 Å². The van der Waals surface area contributed by atoms with Gasteiger partial charge in [0.1, 0.15) is 6.04 Å². The number of aromatic nitrogens is 3. The fourth-order valence-corrected chi connectivity index (χ4v) is 2.44. The lowest BCUT2D eigenvalue weighted by molar-refractivity contribution is -0.0183. The average molecular weight is 287 g/mol. The van der Waals surface area contributed by atoms with E-state index >= 15 is 0 Å². The number of carbonyl (C=O) groups excluding carboxylic acids is 1. The standard InChI is InChI=1S/C8H9N5O5S/c14-8-11-4-6(12(8)18-19(15,16)17)3-7(5-11)13-9-1-2-10-13/h1-3,6H,4-5H2,(H,15,16,17). The van der Waals surface area contributed by atoms with Gasteiger partial charge in [0.25, 0.3) is 0 Å². The maximum atomic E-state index is 11.8. The summed E-state index contributed by atoms with van der Waals surface area (Å²) in [6.07, 6.45) is 4.59. The minimum Gasteiger partial charge on any atom is -0.314 e. The molecule has 0 aliphatic carbocycles. The molecule has 2 aliphatic rings. The molecule has 10 nitrogen and oxygen atoms in total. The number of hydroxylamine groups is 2. The number of nitrogens with zero attached hydrogens (tertiary/aromatic N) is 5. The van der Waals surface area contributed by atoms with Crippen LogP contribution in [0.4, 0.5) is 4.79 Å². The van der Waals surface area contributed by atoms with E-state index in [0.29, 0.717) is 10.8 Å². The Kier molecular flexibility index (Phi) is 2.55. The molecule has 1 fully saturated rings. The van der Waals surface area contributed by atoms with E-state index < -0.39 is 22.5 Å². The van der Waals surface area contributed by atoms with Gasteiger partial charge in [-0.15, -0.1) is 4.28 Å². The van der Waals surface area contributed by atoms with E-state index in [4.69, 9.17) is 4.55 Å². The summed E-state index contributed by atoms with van der Waals surface area (Å²) in [5, 5.41) is 8.48. The molecule has 0 spiro atoms. The minimum absolute atomic E-state index is 0.231. The summed E-state index contributed by atoms with van der Waals surface area (Å²) in [6.45, 7) is 0.508. The zero-order chi connectivity index (χ0) is 13.6. The first-order chi connectivity index (χ1) is 8.94. The molecule has 2 bridgehead atoms. The van der Waals surface area contributed by atoms with E-state index in [1.807, 2.05) is 0 Å². The lowest BCUT2D eigenvalue weighted by Crippen LogP contribution is -2.35. The van der Waals surface area contributed by atoms with Crippen molar-refractivity contribution in [3.63, 3.8) is 0 Å². The number of hydrogen-bond acceptors (Lipinski definition) is 6. The molecule has 19 heavy (non-hydrogen) atoms. The summed E-state index contributed by atoms with van der Waals surface area (Å²) >= 11 is 0. The SMILES string of the molecule is O=C1N2CC(n3nccn3)=CC(C2)N1OS(=O)(=O)O. The van der Waals surface area contributed by atoms with Crippen molar-refractivity contribution in [1.82, 2.24) is 25.0 Å². The van der Waals surface area contributed by atoms with Crippen molar-refractivity contribution in [1.29, 1.82) is 0 Å². The largest absolute Gasteiger partial charge is 0.418 e. The molecule has 1 aromatic rings. The highest BCUT2D eigenvalue weighted by molar-refractivity contribution is 7.80. The van der Waals surface area contributed by atoms with Crippen LogP contribution in [-0.4, -0.2) is 63.1 Å². The molecule has 1 aromatic heterocycles. The van der Waals surface area contributed by atoms with E-state index in [1.165, 1.54) is 22.1 Å². The van der Waals surface area contributed by atoms with Gasteiger partial charge >= 0.3 is 16.4 Å². The molecule has 0 radical (unpaired) electrons. The monoisotopic (exact) mass is 287 g/mol. The van der Waals surface area contributed by atoms with Gasteiger partial charge < -0.3 is 4.90 Å². The third-order valence-electron chi connectivity index (χ3n) is 2.76. The van der Waals surface area contributed by atoms with E-state index in [2.05, 4.69) is 14.5 Å². The zero-order valence-electron chi connectivity index (χ0n) is 9.45. The summed E-state index contributed by atoms with van der Waals surface area (Å²) in [5.41, 5.74) is 0.621. The van der Waals surface area contributed by atoms with E-state index in [0.717, 1.165) is 0 Å². The van der Waals surface area contributed by atoms with Crippen LogP contribution >= 0.6 is 0 Å². The van der Waals surface area contributed by atoms with Crippen LogP contribution in [0, 0.1) is 0 Å². The Balaban J connectivity index is 1.90. The minimum atomic E-state index is -4.74. The third kappa shape index (κ3) is 2.18. The van der Waals surface area contributed by atoms with Gasteiger partial charge in [-0.25, -0.2) is 4.79 Å². The highest BCUT2D eigenvalue weighted by Crippen LogP contribution is 2.26. The first kappa shape index (κ1) is 12.1. The number of carbonyl (C=O) groups is 1. The Morgan fingerprint density at radius 3 is 2.68 bits per heavy atom. The number of rotatable bonds is 3. The Morgan fingerprint density at radius 1 is 1.37 bits per heavy atom. The average Bonchev–Trinajstić information content (AvgIpc) is 2.92. The van der Waals surface area contributed by atoms with Gasteiger partial charge in [0.05, 0.1) is 24.6 Å². The van der Waals surface area contributed by atoms with Crippen LogP contribution in [0.5, 0.6) is 0 Å². The van der Waals surface area contributed by atoms with Crippen LogP contribution in [0.2, 0.25) is 0 Å². The molecule has 2 aliphatic heterocycles. The van der Waals surface area contributed by atoms with Crippen LogP contribution in [-0.2, 0) is 14.7 Å². The summed E-state index contributed by atoms with van der Waals surface area (Å²) in [5.74, 6) is 0. The molecule has 3 rings (SSSR count). The molecule has 11 heteroatoms. The van der Waals surface area contributed by atoms with Crippen LogP contribution in [0.3, 0.4) is 0 Å². The lowest BCUT2D eigenvalue weighted by Gasteiger charge is -2.20. The maximum absolute atomic E-state index is 11.8. The number of hydrogen-bond donors (Lipinski definition) is 1. The Hall–Kier alpha value is -1.98. The van der Waals surface area contributed by atoms with Gasteiger partial charge in [-0.3, -0.25) is 4.55 Å². The second-order valence-corrected chi connectivity index (χ2v) is 5.04. The van der Waals surface area contributed by atoms with Crippen molar-refractivity contribution in [2.75, 3.05) is 13.1 Å². The fraction of sp³-hybridized carbons (Fsp3) is 0.375. The maximum Gasteiger partial charge on any atom is 0.418 e. The zero-order valence-corrected chi connectivity index (χ0v) is 10.3. The normalized spacial score (nSPS) is 22.9. The lowest BCUT2D eigenvalue weighted by atomic mass is 10.2. The molecule has 2 amide bonds. The highest BCUT2D eigenvalue weighted by atomic mass is 32.3. The molecule has 1 N–H and O–H groups in total. The van der Waals surface area contributed by atoms with Crippen molar-refractivity contribution in [2.24, 2.45) is 0 Å². The predicted molar refractivity (Wildman–Crippen MR) is 59.5 cm³/mol. The van der Waals surface area contributed by atoms with Crippen molar-refractivity contribution in [3.8, 4) is 0 Å². The van der Waals surface area contributed by atoms with Crippen LogP contribution in [0.15, 0.2) is 18.5 Å². The molecule has 102 valence electrons.